The molecule has 108 valence electrons. The summed E-state index contributed by atoms with van der Waals surface area (Å²) in [6.07, 6.45) is 3.14. The zero-order valence-electron chi connectivity index (χ0n) is 11.2. The number of amides is 2. The smallest absolute Gasteiger partial charge is 0.317 e. The summed E-state index contributed by atoms with van der Waals surface area (Å²) < 4.78 is 0. The van der Waals surface area contributed by atoms with E-state index in [2.05, 4.69) is 5.32 Å². The molecule has 1 saturated carbocycles. The van der Waals surface area contributed by atoms with Crippen molar-refractivity contribution in [1.82, 2.24) is 10.2 Å². The summed E-state index contributed by atoms with van der Waals surface area (Å²) in [5.41, 5.74) is 0. The largest absolute Gasteiger partial charge is 0.481 e. The molecule has 1 heterocycles. The minimum absolute atomic E-state index is 0.0412. The normalized spacial score (nSPS) is 29.5. The molecular formula is C13H22N2O4. The Labute approximate surface area is 112 Å². The van der Waals surface area contributed by atoms with Gasteiger partial charge >= 0.3 is 12.0 Å². The molecule has 19 heavy (non-hydrogen) atoms. The number of hydrogen-bond donors (Lipinski definition) is 3. The lowest BCUT2D eigenvalue weighted by atomic mass is 9.87. The van der Waals surface area contributed by atoms with E-state index in [1.54, 1.807) is 11.8 Å². The summed E-state index contributed by atoms with van der Waals surface area (Å²) >= 11 is 0. The van der Waals surface area contributed by atoms with Crippen molar-refractivity contribution in [3.05, 3.63) is 0 Å². The van der Waals surface area contributed by atoms with Crippen LogP contribution in [0.1, 0.15) is 32.6 Å². The van der Waals surface area contributed by atoms with Crippen LogP contribution in [-0.4, -0.2) is 52.3 Å². The third-order valence-corrected chi connectivity index (χ3v) is 4.33. The molecule has 3 N–H and O–H groups in total. The van der Waals surface area contributed by atoms with E-state index in [0.29, 0.717) is 13.1 Å². The number of carbonyl (C=O) groups is 2. The van der Waals surface area contributed by atoms with Gasteiger partial charge in [0.05, 0.1) is 18.1 Å². The fourth-order valence-electron chi connectivity index (χ4n) is 2.73. The minimum Gasteiger partial charge on any atom is -0.481 e. The average molecular weight is 270 g/mol. The summed E-state index contributed by atoms with van der Waals surface area (Å²) in [6, 6.07) is -0.336. The molecule has 6 heteroatoms. The van der Waals surface area contributed by atoms with Gasteiger partial charge in [0.1, 0.15) is 0 Å². The first kappa shape index (κ1) is 14.1. The quantitative estimate of drug-likeness (QED) is 0.702. The molecule has 0 aromatic rings. The number of urea groups is 1. The van der Waals surface area contributed by atoms with E-state index < -0.39 is 18.0 Å². The number of aliphatic carboxylic acids is 1. The Kier molecular flexibility index (Phi) is 4.29. The number of hydrogen-bond acceptors (Lipinski definition) is 3. The van der Waals surface area contributed by atoms with E-state index in [4.69, 9.17) is 5.11 Å². The van der Waals surface area contributed by atoms with Gasteiger partial charge in [0.15, 0.2) is 0 Å². The van der Waals surface area contributed by atoms with Gasteiger partial charge in [0.2, 0.25) is 0 Å². The van der Waals surface area contributed by atoms with Crippen LogP contribution in [-0.2, 0) is 4.79 Å². The van der Waals surface area contributed by atoms with Gasteiger partial charge in [-0.3, -0.25) is 4.79 Å². The molecule has 0 bridgehead atoms. The van der Waals surface area contributed by atoms with Crippen molar-refractivity contribution in [3.63, 3.8) is 0 Å². The highest BCUT2D eigenvalue weighted by Crippen LogP contribution is 2.25. The molecular weight excluding hydrogens is 248 g/mol. The molecule has 0 radical (unpaired) electrons. The highest BCUT2D eigenvalue weighted by molar-refractivity contribution is 5.76. The van der Waals surface area contributed by atoms with Crippen molar-refractivity contribution in [2.45, 2.75) is 44.8 Å². The van der Waals surface area contributed by atoms with Crippen molar-refractivity contribution in [2.75, 3.05) is 13.1 Å². The number of carbonyl (C=O) groups excluding carboxylic acids is 1. The predicted molar refractivity (Wildman–Crippen MR) is 68.7 cm³/mol. The monoisotopic (exact) mass is 270 g/mol. The number of nitrogens with zero attached hydrogens (tertiary/aromatic N) is 1. The van der Waals surface area contributed by atoms with E-state index >= 15 is 0 Å². The van der Waals surface area contributed by atoms with E-state index in [1.165, 1.54) is 0 Å². The molecule has 1 aliphatic heterocycles. The summed E-state index contributed by atoms with van der Waals surface area (Å²) in [4.78, 5) is 24.4. The molecule has 2 aliphatic rings. The van der Waals surface area contributed by atoms with Gasteiger partial charge in [0, 0.05) is 19.0 Å². The third-order valence-electron chi connectivity index (χ3n) is 4.33. The first-order valence-electron chi connectivity index (χ1n) is 6.95. The number of aliphatic hydroxyl groups excluding tert-OH is 1. The minimum atomic E-state index is -0.812. The molecule has 0 spiro atoms. The number of nitrogens with one attached hydrogen (secondary N) is 1. The van der Waals surface area contributed by atoms with Crippen LogP contribution in [0.3, 0.4) is 0 Å². The lowest BCUT2D eigenvalue weighted by Crippen LogP contribution is -2.59. The van der Waals surface area contributed by atoms with Crippen LogP contribution in [0.2, 0.25) is 0 Å². The number of rotatable bonds is 3. The van der Waals surface area contributed by atoms with Gasteiger partial charge in [-0.25, -0.2) is 4.79 Å². The predicted octanol–water partition coefficient (Wildman–Crippen LogP) is 0.652. The second-order valence-corrected chi connectivity index (χ2v) is 5.70. The van der Waals surface area contributed by atoms with Crippen LogP contribution in [0.15, 0.2) is 0 Å². The van der Waals surface area contributed by atoms with Crippen LogP contribution >= 0.6 is 0 Å². The van der Waals surface area contributed by atoms with Gasteiger partial charge in [-0.05, 0) is 12.8 Å². The first-order chi connectivity index (χ1) is 8.99. The molecule has 1 aliphatic carbocycles. The molecule has 6 nitrogen and oxygen atoms in total. The van der Waals surface area contributed by atoms with Gasteiger partial charge in [-0.2, -0.15) is 0 Å². The maximum atomic E-state index is 11.9. The van der Waals surface area contributed by atoms with Crippen LogP contribution in [0.25, 0.3) is 0 Å². The fraction of sp³-hybridized carbons (Fsp3) is 0.846. The van der Waals surface area contributed by atoms with Crippen molar-refractivity contribution < 1.29 is 19.8 Å². The van der Waals surface area contributed by atoms with E-state index in [1.807, 2.05) is 0 Å². The standard InChI is InChI=1S/C13H22N2O4/c1-8(12(17)18)9-6-15(7-9)13(19)14-10-4-2-3-5-11(10)16/h8-11,16H,2-7H2,1H3,(H,14,19)(H,17,18). The van der Waals surface area contributed by atoms with Gasteiger partial charge < -0.3 is 20.4 Å². The Hall–Kier alpha value is -1.30. The summed E-state index contributed by atoms with van der Waals surface area (Å²) in [7, 11) is 0. The molecule has 1 saturated heterocycles. The number of carboxylic acid groups (broad SMARTS) is 1. The SMILES string of the molecule is CC(C(=O)O)C1CN(C(=O)NC2CCCCC2O)C1. The summed E-state index contributed by atoms with van der Waals surface area (Å²) in [5.74, 6) is -1.18. The van der Waals surface area contributed by atoms with E-state index in [-0.39, 0.29) is 18.0 Å². The second kappa shape index (κ2) is 5.77. The second-order valence-electron chi connectivity index (χ2n) is 5.70. The van der Waals surface area contributed by atoms with Crippen LogP contribution in [0.4, 0.5) is 4.79 Å². The Bertz CT molecular complexity index is 355. The molecule has 2 amide bonds. The van der Waals surface area contributed by atoms with Crippen molar-refractivity contribution in [1.29, 1.82) is 0 Å². The van der Waals surface area contributed by atoms with E-state index in [9.17, 15) is 14.7 Å². The lowest BCUT2D eigenvalue weighted by molar-refractivity contribution is -0.144. The molecule has 3 unspecified atom stereocenters. The van der Waals surface area contributed by atoms with Crippen LogP contribution in [0.5, 0.6) is 0 Å². The molecule has 3 atom stereocenters. The summed E-state index contributed by atoms with van der Waals surface area (Å²) in [5, 5.41) is 21.5. The van der Waals surface area contributed by atoms with Gasteiger partial charge in [-0.15, -0.1) is 0 Å². The molecule has 0 aromatic heterocycles. The highest BCUT2D eigenvalue weighted by atomic mass is 16.4. The Morgan fingerprint density at radius 1 is 1.26 bits per heavy atom. The Morgan fingerprint density at radius 2 is 1.89 bits per heavy atom. The van der Waals surface area contributed by atoms with E-state index in [0.717, 1.165) is 25.7 Å². The van der Waals surface area contributed by atoms with Crippen molar-refractivity contribution in [3.8, 4) is 0 Å². The molecule has 2 rings (SSSR count). The highest BCUT2D eigenvalue weighted by Gasteiger charge is 2.38. The lowest BCUT2D eigenvalue weighted by Gasteiger charge is -2.42. The molecule has 0 aromatic carbocycles. The molecule has 2 fully saturated rings. The average Bonchev–Trinajstić information content (AvgIpc) is 2.30. The van der Waals surface area contributed by atoms with Crippen LogP contribution in [0, 0.1) is 11.8 Å². The van der Waals surface area contributed by atoms with Crippen LogP contribution < -0.4 is 5.32 Å². The summed E-state index contributed by atoms with van der Waals surface area (Å²) in [6.45, 7) is 2.65. The zero-order valence-corrected chi connectivity index (χ0v) is 11.2. The number of likely N-dealkylation sites (tertiary alicyclic amines) is 1. The number of carboxylic acids is 1. The maximum Gasteiger partial charge on any atom is 0.317 e. The third kappa shape index (κ3) is 3.18. The van der Waals surface area contributed by atoms with Gasteiger partial charge in [0.25, 0.3) is 0 Å². The number of aliphatic hydroxyl groups is 1. The fourth-order valence-corrected chi connectivity index (χ4v) is 2.73. The Balaban J connectivity index is 1.75. The van der Waals surface area contributed by atoms with Crippen molar-refractivity contribution >= 4 is 12.0 Å². The first-order valence-corrected chi connectivity index (χ1v) is 6.95. The van der Waals surface area contributed by atoms with Crippen molar-refractivity contribution in [2.24, 2.45) is 11.8 Å². The zero-order chi connectivity index (χ0) is 14.0. The van der Waals surface area contributed by atoms with Gasteiger partial charge in [-0.1, -0.05) is 19.8 Å². The maximum absolute atomic E-state index is 11.9. The Morgan fingerprint density at radius 3 is 2.47 bits per heavy atom. The topological polar surface area (TPSA) is 89.9 Å².